The highest BCUT2D eigenvalue weighted by Crippen LogP contribution is 2.35. The van der Waals surface area contributed by atoms with Gasteiger partial charge in [-0.2, -0.15) is 11.8 Å². The summed E-state index contributed by atoms with van der Waals surface area (Å²) < 4.78 is 33.6. The molecule has 0 spiro atoms. The second kappa shape index (κ2) is 12.6. The summed E-state index contributed by atoms with van der Waals surface area (Å²) in [6, 6.07) is 8.05. The highest BCUT2D eigenvalue weighted by Gasteiger charge is 2.31. The Labute approximate surface area is 220 Å². The molecular formula is C24H30ClN3O6S2. The van der Waals surface area contributed by atoms with Gasteiger partial charge in [-0.1, -0.05) is 36.9 Å². The first-order chi connectivity index (χ1) is 17.1. The van der Waals surface area contributed by atoms with Crippen LogP contribution in [0, 0.1) is 17.0 Å². The van der Waals surface area contributed by atoms with Crippen LogP contribution in [0.15, 0.2) is 41.3 Å². The fourth-order valence-corrected chi connectivity index (χ4v) is 6.90. The Hall–Kier alpha value is -2.50. The van der Waals surface area contributed by atoms with E-state index in [1.165, 1.54) is 76.5 Å². The predicted molar refractivity (Wildman–Crippen MR) is 143 cm³/mol. The third-order valence-corrected chi connectivity index (χ3v) is 9.37. The molecule has 2 aromatic carbocycles. The second-order valence-electron chi connectivity index (χ2n) is 8.51. The van der Waals surface area contributed by atoms with Gasteiger partial charge in [0.05, 0.1) is 22.6 Å². The number of methoxy groups -OCH3 is 1. The van der Waals surface area contributed by atoms with Crippen LogP contribution >= 0.6 is 23.4 Å². The molecule has 0 saturated heterocycles. The summed E-state index contributed by atoms with van der Waals surface area (Å²) >= 11 is 7.97. The molecule has 0 heterocycles. The number of nitro benzene ring substituents is 1. The van der Waals surface area contributed by atoms with Crippen molar-refractivity contribution in [3.63, 3.8) is 0 Å². The smallest absolute Gasteiger partial charge is 0.273 e. The summed E-state index contributed by atoms with van der Waals surface area (Å²) in [5, 5.41) is 15.0. The van der Waals surface area contributed by atoms with Gasteiger partial charge in [0.15, 0.2) is 0 Å². The van der Waals surface area contributed by atoms with Gasteiger partial charge in [-0.3, -0.25) is 19.2 Å². The maximum absolute atomic E-state index is 13.7. The molecule has 0 radical (unpaired) electrons. The van der Waals surface area contributed by atoms with Gasteiger partial charge in [-0.25, -0.2) is 8.42 Å². The van der Waals surface area contributed by atoms with Gasteiger partial charge in [0, 0.05) is 34.2 Å². The van der Waals surface area contributed by atoms with Crippen molar-refractivity contribution >= 4 is 50.7 Å². The number of hydrogen-bond donors (Lipinski definition) is 1. The zero-order valence-corrected chi connectivity index (χ0v) is 22.6. The van der Waals surface area contributed by atoms with Crippen molar-refractivity contribution in [1.82, 2.24) is 5.32 Å². The predicted octanol–water partition coefficient (Wildman–Crippen LogP) is 4.94. The highest BCUT2D eigenvalue weighted by atomic mass is 35.5. The molecule has 3 rings (SSSR count). The largest absolute Gasteiger partial charge is 0.495 e. The summed E-state index contributed by atoms with van der Waals surface area (Å²) in [4.78, 5) is 23.3. The lowest BCUT2D eigenvalue weighted by molar-refractivity contribution is -0.385. The Balaban J connectivity index is 1.85. The Morgan fingerprint density at radius 1 is 1.22 bits per heavy atom. The minimum atomic E-state index is -4.39. The van der Waals surface area contributed by atoms with E-state index in [4.69, 9.17) is 16.3 Å². The molecule has 0 aromatic heterocycles. The lowest BCUT2D eigenvalue weighted by atomic mass is 10.0. The van der Waals surface area contributed by atoms with Gasteiger partial charge in [-0.15, -0.1) is 0 Å². The van der Waals surface area contributed by atoms with E-state index in [2.05, 4.69) is 5.32 Å². The van der Waals surface area contributed by atoms with E-state index in [1.807, 2.05) is 11.8 Å². The zero-order chi connectivity index (χ0) is 26.3. The first kappa shape index (κ1) is 28.1. The molecule has 1 N–H and O–H groups in total. The molecule has 0 atom stereocenters. The molecule has 12 heteroatoms. The van der Waals surface area contributed by atoms with E-state index in [1.54, 1.807) is 0 Å². The fraction of sp³-hybridized carbons (Fsp3) is 0.458. The molecular weight excluding hydrogens is 526 g/mol. The number of carbonyl (C=O) groups is 1. The number of amides is 1. The molecule has 1 fully saturated rings. The summed E-state index contributed by atoms with van der Waals surface area (Å²) in [6.07, 6.45) is 6.10. The molecule has 196 valence electrons. The zero-order valence-electron chi connectivity index (χ0n) is 20.2. The summed E-state index contributed by atoms with van der Waals surface area (Å²) in [6.45, 7) is 1.37. The van der Waals surface area contributed by atoms with Crippen LogP contribution in [0.2, 0.25) is 5.02 Å². The normalized spacial score (nSPS) is 14.3. The SMILES string of the molecule is COc1ccc(Cl)cc1N(CC(=O)NCCSC1CCCCC1)S(=O)(=O)c1ccc(C)c([N+](=O)[O-])c1. The van der Waals surface area contributed by atoms with Crippen LogP contribution in [0.4, 0.5) is 11.4 Å². The first-order valence-electron chi connectivity index (χ1n) is 11.6. The van der Waals surface area contributed by atoms with E-state index in [9.17, 15) is 23.3 Å². The fourth-order valence-electron chi connectivity index (χ4n) is 4.07. The quantitative estimate of drug-likeness (QED) is 0.237. The van der Waals surface area contributed by atoms with Crippen molar-refractivity contribution in [2.24, 2.45) is 0 Å². The van der Waals surface area contributed by atoms with Crippen LogP contribution in [-0.2, 0) is 14.8 Å². The summed E-state index contributed by atoms with van der Waals surface area (Å²) in [5.74, 6) is 0.407. The van der Waals surface area contributed by atoms with Crippen molar-refractivity contribution in [2.45, 2.75) is 49.2 Å². The number of anilines is 1. The number of nitro groups is 1. The lowest BCUT2D eigenvalue weighted by Gasteiger charge is -2.26. The number of rotatable bonds is 11. The van der Waals surface area contributed by atoms with Crippen LogP contribution in [0.3, 0.4) is 0 Å². The standard InChI is InChI=1S/C24H30ClN3O6S2/c1-17-8-10-20(15-21(17)28(30)31)36(32,33)27(22-14-18(25)9-11-23(22)34-2)16-24(29)26-12-13-35-19-6-4-3-5-7-19/h8-11,14-15,19H,3-7,12-13,16H2,1-2H3,(H,26,29). The lowest BCUT2D eigenvalue weighted by Crippen LogP contribution is -2.41. The number of halogens is 1. The molecule has 1 aliphatic carbocycles. The van der Waals surface area contributed by atoms with Crippen molar-refractivity contribution in [2.75, 3.05) is 30.3 Å². The van der Waals surface area contributed by atoms with Crippen molar-refractivity contribution < 1.29 is 22.9 Å². The number of benzene rings is 2. The molecule has 1 saturated carbocycles. The van der Waals surface area contributed by atoms with Gasteiger partial charge in [0.2, 0.25) is 5.91 Å². The number of nitrogens with one attached hydrogen (secondary N) is 1. The maximum atomic E-state index is 13.7. The van der Waals surface area contributed by atoms with Crippen molar-refractivity contribution in [1.29, 1.82) is 0 Å². The molecule has 36 heavy (non-hydrogen) atoms. The Bertz CT molecular complexity index is 1200. The van der Waals surface area contributed by atoms with Gasteiger partial charge in [-0.05, 0) is 44.0 Å². The highest BCUT2D eigenvalue weighted by molar-refractivity contribution is 7.99. The number of carbonyl (C=O) groups excluding carboxylic acids is 1. The number of hydrogen-bond acceptors (Lipinski definition) is 7. The van der Waals surface area contributed by atoms with E-state index in [0.29, 0.717) is 17.4 Å². The third-order valence-electron chi connectivity index (χ3n) is 5.99. The van der Waals surface area contributed by atoms with Crippen LogP contribution in [0.1, 0.15) is 37.7 Å². The number of aryl methyl sites for hydroxylation is 1. The molecule has 2 aromatic rings. The minimum Gasteiger partial charge on any atom is -0.495 e. The molecule has 0 bridgehead atoms. The van der Waals surface area contributed by atoms with E-state index < -0.39 is 27.4 Å². The third kappa shape index (κ3) is 7.04. The monoisotopic (exact) mass is 555 g/mol. The number of ether oxygens (including phenoxy) is 1. The minimum absolute atomic E-state index is 0.0555. The Kier molecular flexibility index (Phi) is 9.86. The topological polar surface area (TPSA) is 119 Å². The van der Waals surface area contributed by atoms with Crippen LogP contribution < -0.4 is 14.4 Å². The summed E-state index contributed by atoms with van der Waals surface area (Å²) in [7, 11) is -3.02. The van der Waals surface area contributed by atoms with Crippen molar-refractivity contribution in [3.05, 3.63) is 57.1 Å². The van der Waals surface area contributed by atoms with Gasteiger partial charge in [0.1, 0.15) is 12.3 Å². The van der Waals surface area contributed by atoms with E-state index >= 15 is 0 Å². The van der Waals surface area contributed by atoms with E-state index in [0.717, 1.165) is 16.1 Å². The summed E-state index contributed by atoms with van der Waals surface area (Å²) in [5.41, 5.74) is 0.0391. The van der Waals surface area contributed by atoms with Crippen LogP contribution in [0.25, 0.3) is 0 Å². The Morgan fingerprint density at radius 2 is 1.94 bits per heavy atom. The average Bonchev–Trinajstić information content (AvgIpc) is 2.85. The number of thioether (sulfide) groups is 1. The van der Waals surface area contributed by atoms with Crippen LogP contribution in [-0.4, -0.2) is 50.5 Å². The maximum Gasteiger partial charge on any atom is 0.273 e. The molecule has 0 unspecified atom stereocenters. The molecule has 0 aliphatic heterocycles. The molecule has 1 amide bonds. The van der Waals surface area contributed by atoms with Crippen molar-refractivity contribution in [3.8, 4) is 5.75 Å². The number of nitrogens with zero attached hydrogens (tertiary/aromatic N) is 2. The first-order valence-corrected chi connectivity index (χ1v) is 14.5. The Morgan fingerprint density at radius 3 is 2.61 bits per heavy atom. The van der Waals surface area contributed by atoms with Crippen LogP contribution in [0.5, 0.6) is 5.75 Å². The van der Waals surface area contributed by atoms with Gasteiger partial charge in [0.25, 0.3) is 15.7 Å². The number of sulfonamides is 1. The molecule has 9 nitrogen and oxygen atoms in total. The second-order valence-corrected chi connectivity index (χ2v) is 12.2. The van der Waals surface area contributed by atoms with E-state index in [-0.39, 0.29) is 27.0 Å². The van der Waals surface area contributed by atoms with Gasteiger partial charge < -0.3 is 10.1 Å². The average molecular weight is 556 g/mol. The van der Waals surface area contributed by atoms with Gasteiger partial charge >= 0.3 is 0 Å². The molecule has 1 aliphatic rings.